The van der Waals surface area contributed by atoms with Crippen LogP contribution in [0.2, 0.25) is 0 Å². The number of hydrogen-bond donors (Lipinski definition) is 2. The monoisotopic (exact) mass is 243 g/mol. The first-order chi connectivity index (χ1) is 8.01. The molecule has 100 valence electrons. The Labute approximate surface area is 104 Å². The van der Waals surface area contributed by atoms with Crippen LogP contribution in [0.3, 0.4) is 0 Å². The quantitative estimate of drug-likeness (QED) is 0.567. The fraction of sp³-hybridized carbons (Fsp3) is 0.917. The predicted octanol–water partition coefficient (Wildman–Crippen LogP) is 0.755. The number of hydrogen-bond acceptors (Lipinski definition) is 3. The topological polar surface area (TPSA) is 54.9 Å². The molecule has 0 amide bonds. The van der Waals surface area contributed by atoms with Crippen molar-refractivity contribution in [1.82, 2.24) is 10.6 Å². The molecule has 0 bridgehead atoms. The van der Waals surface area contributed by atoms with E-state index in [1.807, 2.05) is 0 Å². The summed E-state index contributed by atoms with van der Waals surface area (Å²) in [5.41, 5.74) is 0.00489. The molecule has 1 heterocycles. The summed E-state index contributed by atoms with van der Waals surface area (Å²) in [5.74, 6) is 0.828. The lowest BCUT2D eigenvalue weighted by Crippen LogP contribution is -2.48. The second-order valence-electron chi connectivity index (χ2n) is 5.16. The van der Waals surface area contributed by atoms with Gasteiger partial charge < -0.3 is 20.1 Å². The van der Waals surface area contributed by atoms with Gasteiger partial charge >= 0.3 is 0 Å². The average Bonchev–Trinajstić information content (AvgIpc) is 2.26. The van der Waals surface area contributed by atoms with Gasteiger partial charge in [-0.15, -0.1) is 0 Å². The van der Waals surface area contributed by atoms with Gasteiger partial charge in [-0.05, 0) is 27.7 Å². The molecule has 0 aromatic heterocycles. The lowest BCUT2D eigenvalue weighted by Gasteiger charge is -2.25. The van der Waals surface area contributed by atoms with Gasteiger partial charge in [0.05, 0.1) is 26.4 Å². The molecule has 0 spiro atoms. The van der Waals surface area contributed by atoms with Crippen LogP contribution in [0.25, 0.3) is 0 Å². The third-order valence-electron chi connectivity index (χ3n) is 2.18. The molecule has 1 atom stereocenters. The number of ether oxygens (including phenoxy) is 2. The van der Waals surface area contributed by atoms with Crippen molar-refractivity contribution in [3.8, 4) is 0 Å². The molecule has 1 rings (SSSR count). The van der Waals surface area contributed by atoms with Crippen LogP contribution in [-0.2, 0) is 9.47 Å². The summed E-state index contributed by atoms with van der Waals surface area (Å²) in [6.45, 7) is 11.9. The highest BCUT2D eigenvalue weighted by Crippen LogP contribution is 2.02. The first-order valence-electron chi connectivity index (χ1n) is 6.27. The van der Waals surface area contributed by atoms with E-state index in [0.717, 1.165) is 12.5 Å². The van der Waals surface area contributed by atoms with E-state index in [9.17, 15) is 0 Å². The molecular formula is C12H25N3O2. The summed E-state index contributed by atoms with van der Waals surface area (Å²) in [6.07, 6.45) is 0.0826. The molecule has 2 N–H and O–H groups in total. The van der Waals surface area contributed by atoms with Crippen molar-refractivity contribution in [1.29, 1.82) is 0 Å². The standard InChI is InChI=1S/C12H25N3O2/c1-5-13-11(15-12(2,3)4)14-8-10-9-16-6-7-17-10/h10H,5-9H2,1-4H3,(H2,13,14,15). The van der Waals surface area contributed by atoms with Crippen LogP contribution < -0.4 is 10.6 Å². The maximum atomic E-state index is 5.55. The van der Waals surface area contributed by atoms with Crippen molar-refractivity contribution in [2.24, 2.45) is 4.99 Å². The fourth-order valence-corrected chi connectivity index (χ4v) is 1.50. The summed E-state index contributed by atoms with van der Waals surface area (Å²) in [7, 11) is 0. The molecule has 0 aromatic carbocycles. The Kier molecular flexibility index (Phi) is 5.71. The van der Waals surface area contributed by atoms with Gasteiger partial charge in [-0.2, -0.15) is 0 Å². The van der Waals surface area contributed by atoms with Crippen LogP contribution in [0.1, 0.15) is 27.7 Å². The van der Waals surface area contributed by atoms with Crippen LogP contribution >= 0.6 is 0 Å². The van der Waals surface area contributed by atoms with Gasteiger partial charge in [-0.1, -0.05) is 0 Å². The molecule has 0 saturated carbocycles. The third-order valence-corrected chi connectivity index (χ3v) is 2.18. The lowest BCUT2D eigenvalue weighted by molar-refractivity contribution is -0.0833. The van der Waals surface area contributed by atoms with Crippen molar-refractivity contribution in [3.63, 3.8) is 0 Å². The Balaban J connectivity index is 2.44. The SMILES string of the molecule is CCNC(=NCC1COCCO1)NC(C)(C)C. The molecule has 0 radical (unpaired) electrons. The van der Waals surface area contributed by atoms with E-state index < -0.39 is 0 Å². The minimum absolute atomic E-state index is 0.00489. The number of aliphatic imine (C=N–C) groups is 1. The minimum atomic E-state index is 0.00489. The molecule has 1 unspecified atom stereocenters. The minimum Gasteiger partial charge on any atom is -0.376 e. The van der Waals surface area contributed by atoms with Crippen LogP contribution in [-0.4, -0.2) is 50.5 Å². The largest absolute Gasteiger partial charge is 0.376 e. The average molecular weight is 243 g/mol. The molecule has 5 nitrogen and oxygen atoms in total. The first-order valence-corrected chi connectivity index (χ1v) is 6.27. The van der Waals surface area contributed by atoms with Gasteiger partial charge in [0.15, 0.2) is 5.96 Å². The lowest BCUT2D eigenvalue weighted by atomic mass is 10.1. The van der Waals surface area contributed by atoms with Crippen molar-refractivity contribution in [2.75, 3.05) is 32.9 Å². The highest BCUT2D eigenvalue weighted by Gasteiger charge is 2.15. The number of rotatable bonds is 3. The second kappa shape index (κ2) is 6.81. The van der Waals surface area contributed by atoms with Gasteiger partial charge in [0, 0.05) is 12.1 Å². The number of nitrogens with one attached hydrogen (secondary N) is 2. The van der Waals surface area contributed by atoms with E-state index in [1.54, 1.807) is 0 Å². The first kappa shape index (κ1) is 14.3. The maximum absolute atomic E-state index is 5.55. The second-order valence-corrected chi connectivity index (χ2v) is 5.16. The summed E-state index contributed by atoms with van der Waals surface area (Å²) >= 11 is 0. The van der Waals surface area contributed by atoms with E-state index in [0.29, 0.717) is 26.4 Å². The summed E-state index contributed by atoms with van der Waals surface area (Å²) in [5, 5.41) is 6.56. The van der Waals surface area contributed by atoms with E-state index in [1.165, 1.54) is 0 Å². The van der Waals surface area contributed by atoms with Gasteiger partial charge in [-0.3, -0.25) is 4.99 Å². The summed E-state index contributed by atoms with van der Waals surface area (Å²) < 4.78 is 10.9. The van der Waals surface area contributed by atoms with Gasteiger partial charge in [0.25, 0.3) is 0 Å². The molecule has 17 heavy (non-hydrogen) atoms. The fourth-order valence-electron chi connectivity index (χ4n) is 1.50. The molecule has 1 aliphatic heterocycles. The predicted molar refractivity (Wildman–Crippen MR) is 69.4 cm³/mol. The van der Waals surface area contributed by atoms with Crippen molar-refractivity contribution in [2.45, 2.75) is 39.3 Å². The summed E-state index contributed by atoms with van der Waals surface area (Å²) in [6, 6.07) is 0. The molecule has 1 saturated heterocycles. The molecule has 5 heteroatoms. The Morgan fingerprint density at radius 3 is 2.65 bits per heavy atom. The van der Waals surface area contributed by atoms with E-state index in [-0.39, 0.29) is 11.6 Å². The Hall–Kier alpha value is -0.810. The van der Waals surface area contributed by atoms with Crippen LogP contribution in [0.15, 0.2) is 4.99 Å². The van der Waals surface area contributed by atoms with Crippen molar-refractivity contribution in [3.05, 3.63) is 0 Å². The zero-order valence-electron chi connectivity index (χ0n) is 11.4. The Morgan fingerprint density at radius 1 is 1.35 bits per heavy atom. The maximum Gasteiger partial charge on any atom is 0.191 e. The van der Waals surface area contributed by atoms with E-state index >= 15 is 0 Å². The molecule has 0 aliphatic carbocycles. The molecule has 0 aromatic rings. The number of guanidine groups is 1. The van der Waals surface area contributed by atoms with Gasteiger partial charge in [-0.25, -0.2) is 0 Å². The number of nitrogens with zero attached hydrogens (tertiary/aromatic N) is 1. The zero-order valence-corrected chi connectivity index (χ0v) is 11.4. The zero-order chi connectivity index (χ0) is 12.7. The highest BCUT2D eigenvalue weighted by molar-refractivity contribution is 5.80. The van der Waals surface area contributed by atoms with Crippen molar-refractivity contribution >= 4 is 5.96 Å². The Bertz CT molecular complexity index is 243. The molecule has 1 fully saturated rings. The van der Waals surface area contributed by atoms with Crippen LogP contribution in [0, 0.1) is 0 Å². The molecule has 1 aliphatic rings. The summed E-state index contributed by atoms with van der Waals surface area (Å²) in [4.78, 5) is 4.51. The van der Waals surface area contributed by atoms with Gasteiger partial charge in [0.1, 0.15) is 6.10 Å². The van der Waals surface area contributed by atoms with E-state index in [2.05, 4.69) is 43.3 Å². The van der Waals surface area contributed by atoms with Crippen LogP contribution in [0.4, 0.5) is 0 Å². The highest BCUT2D eigenvalue weighted by atomic mass is 16.6. The normalized spacial score (nSPS) is 22.4. The third kappa shape index (κ3) is 6.48. The van der Waals surface area contributed by atoms with Gasteiger partial charge in [0.2, 0.25) is 0 Å². The molecular weight excluding hydrogens is 218 g/mol. The Morgan fingerprint density at radius 2 is 2.12 bits per heavy atom. The van der Waals surface area contributed by atoms with Crippen molar-refractivity contribution < 1.29 is 9.47 Å². The van der Waals surface area contributed by atoms with E-state index in [4.69, 9.17) is 9.47 Å². The van der Waals surface area contributed by atoms with Crippen LogP contribution in [0.5, 0.6) is 0 Å². The smallest absolute Gasteiger partial charge is 0.191 e.